The summed E-state index contributed by atoms with van der Waals surface area (Å²) in [6.07, 6.45) is -3.62. The quantitative estimate of drug-likeness (QED) is 0.697. The Balaban J connectivity index is 1.69. The normalized spacial score (nSPS) is 16.4. The number of hydrogen-bond donors (Lipinski definition) is 0. The fourth-order valence-electron chi connectivity index (χ4n) is 2.52. The molecule has 1 aromatic heterocycles. The zero-order valence-electron chi connectivity index (χ0n) is 14.1. The zero-order chi connectivity index (χ0) is 19.5. The maximum absolute atomic E-state index is 12.7. The maximum atomic E-state index is 12.7. The Morgan fingerprint density at radius 3 is 2.52 bits per heavy atom. The van der Waals surface area contributed by atoms with Crippen LogP contribution in [0.3, 0.4) is 0 Å². The molecule has 0 bridgehead atoms. The van der Waals surface area contributed by atoms with Crippen LogP contribution in [0.15, 0.2) is 52.5 Å². The van der Waals surface area contributed by atoms with Crippen LogP contribution in [-0.4, -0.2) is 44.0 Å². The summed E-state index contributed by atoms with van der Waals surface area (Å²) in [6.45, 7) is 1.37. The smallest absolute Gasteiger partial charge is 0.379 e. The number of thioether (sulfide) groups is 1. The van der Waals surface area contributed by atoms with E-state index in [2.05, 4.69) is 4.98 Å². The average Bonchev–Trinajstić information content (AvgIpc) is 2.67. The highest BCUT2D eigenvalue weighted by atomic mass is 32.2. The van der Waals surface area contributed by atoms with E-state index >= 15 is 0 Å². The number of rotatable bonds is 5. The molecule has 1 saturated heterocycles. The molecular weight excluding hydrogens is 401 g/mol. The molecule has 0 saturated carbocycles. The first kappa shape index (κ1) is 20.1. The molecule has 5 nitrogen and oxygen atoms in total. The Hall–Kier alpha value is -1.62. The summed E-state index contributed by atoms with van der Waals surface area (Å²) in [5, 5.41) is 0.435. The van der Waals surface area contributed by atoms with E-state index in [4.69, 9.17) is 4.74 Å². The van der Waals surface area contributed by atoms with E-state index in [0.717, 1.165) is 17.8 Å². The van der Waals surface area contributed by atoms with Crippen molar-refractivity contribution in [2.75, 3.05) is 26.3 Å². The molecule has 10 heteroatoms. The second-order valence-electron chi connectivity index (χ2n) is 5.84. The van der Waals surface area contributed by atoms with Gasteiger partial charge in [0.25, 0.3) is 0 Å². The van der Waals surface area contributed by atoms with Crippen LogP contribution in [0.2, 0.25) is 0 Å². The molecule has 0 unspecified atom stereocenters. The molecule has 27 heavy (non-hydrogen) atoms. The Morgan fingerprint density at radius 1 is 1.15 bits per heavy atom. The van der Waals surface area contributed by atoms with Crippen LogP contribution in [0, 0.1) is 0 Å². The minimum Gasteiger partial charge on any atom is -0.379 e. The molecule has 0 atom stereocenters. The van der Waals surface area contributed by atoms with Crippen molar-refractivity contribution in [1.29, 1.82) is 0 Å². The van der Waals surface area contributed by atoms with Crippen molar-refractivity contribution >= 4 is 21.8 Å². The van der Waals surface area contributed by atoms with Gasteiger partial charge in [0.2, 0.25) is 10.0 Å². The van der Waals surface area contributed by atoms with Gasteiger partial charge in [-0.3, -0.25) is 0 Å². The van der Waals surface area contributed by atoms with Crippen LogP contribution in [0.1, 0.15) is 11.1 Å². The largest absolute Gasteiger partial charge is 0.417 e. The highest BCUT2D eigenvalue weighted by molar-refractivity contribution is 7.98. The van der Waals surface area contributed by atoms with E-state index < -0.39 is 21.8 Å². The Labute approximate surface area is 159 Å². The van der Waals surface area contributed by atoms with Crippen LogP contribution in [0.5, 0.6) is 0 Å². The van der Waals surface area contributed by atoms with Gasteiger partial charge in [-0.1, -0.05) is 12.1 Å². The summed E-state index contributed by atoms with van der Waals surface area (Å²) in [4.78, 5) is 4.00. The van der Waals surface area contributed by atoms with Crippen molar-refractivity contribution in [2.45, 2.75) is 21.9 Å². The van der Waals surface area contributed by atoms with Gasteiger partial charge < -0.3 is 4.74 Å². The molecule has 0 amide bonds. The average molecular weight is 418 g/mol. The summed E-state index contributed by atoms with van der Waals surface area (Å²) in [7, 11) is -3.59. The zero-order valence-corrected chi connectivity index (χ0v) is 15.8. The van der Waals surface area contributed by atoms with Gasteiger partial charge in [-0.2, -0.15) is 17.5 Å². The van der Waals surface area contributed by atoms with Crippen molar-refractivity contribution in [3.8, 4) is 0 Å². The lowest BCUT2D eigenvalue weighted by molar-refractivity contribution is -0.137. The van der Waals surface area contributed by atoms with E-state index in [-0.39, 0.29) is 4.90 Å². The molecule has 2 heterocycles. The van der Waals surface area contributed by atoms with Gasteiger partial charge in [-0.25, -0.2) is 13.4 Å². The number of morpholine rings is 1. The second-order valence-corrected chi connectivity index (χ2v) is 8.77. The number of ether oxygens (including phenoxy) is 1. The van der Waals surface area contributed by atoms with Crippen molar-refractivity contribution in [3.63, 3.8) is 0 Å². The Bertz CT molecular complexity index is 881. The first-order chi connectivity index (χ1) is 12.8. The van der Waals surface area contributed by atoms with Gasteiger partial charge in [0.15, 0.2) is 0 Å². The van der Waals surface area contributed by atoms with Gasteiger partial charge in [0, 0.05) is 25.0 Å². The number of benzene rings is 1. The van der Waals surface area contributed by atoms with Gasteiger partial charge >= 0.3 is 6.18 Å². The molecular formula is C17H17F3N2O3S2. The van der Waals surface area contributed by atoms with E-state index in [1.54, 1.807) is 18.2 Å². The molecule has 2 aromatic rings. The standard InChI is InChI=1S/C17H17F3N2O3S2/c18-17(19,20)14-4-5-16(21-11-14)26-12-13-2-1-3-15(10-13)27(23,24)22-6-8-25-9-7-22/h1-5,10-11H,6-9,12H2. The van der Waals surface area contributed by atoms with Crippen LogP contribution < -0.4 is 0 Å². The van der Waals surface area contributed by atoms with Crippen LogP contribution >= 0.6 is 11.8 Å². The molecule has 1 aromatic carbocycles. The lowest BCUT2D eigenvalue weighted by Gasteiger charge is -2.26. The van der Waals surface area contributed by atoms with Crippen molar-refractivity contribution in [1.82, 2.24) is 9.29 Å². The third-order valence-electron chi connectivity index (χ3n) is 3.96. The predicted molar refractivity (Wildman–Crippen MR) is 94.8 cm³/mol. The summed E-state index contributed by atoms with van der Waals surface area (Å²) in [5.41, 5.74) is -0.0542. The van der Waals surface area contributed by atoms with Crippen molar-refractivity contribution in [2.24, 2.45) is 0 Å². The summed E-state index contributed by atoms with van der Waals surface area (Å²) in [5.74, 6) is 0.394. The maximum Gasteiger partial charge on any atom is 0.417 e. The molecule has 146 valence electrons. The molecule has 0 N–H and O–H groups in total. The summed E-state index contributed by atoms with van der Waals surface area (Å²) in [6, 6.07) is 8.84. The lowest BCUT2D eigenvalue weighted by Crippen LogP contribution is -2.40. The van der Waals surface area contributed by atoms with Crippen LogP contribution in [0.4, 0.5) is 13.2 Å². The van der Waals surface area contributed by atoms with E-state index in [0.29, 0.717) is 37.1 Å². The number of aromatic nitrogens is 1. The summed E-state index contributed by atoms with van der Waals surface area (Å²) < 4.78 is 69.6. The van der Waals surface area contributed by atoms with Gasteiger partial charge in [0.05, 0.1) is 28.7 Å². The highest BCUT2D eigenvalue weighted by Crippen LogP contribution is 2.30. The molecule has 3 rings (SSSR count). The number of sulfonamides is 1. The number of pyridine rings is 1. The molecule has 1 fully saturated rings. The molecule has 1 aliphatic heterocycles. The van der Waals surface area contributed by atoms with Gasteiger partial charge in [-0.15, -0.1) is 11.8 Å². The topological polar surface area (TPSA) is 59.5 Å². The lowest BCUT2D eigenvalue weighted by atomic mass is 10.2. The highest BCUT2D eigenvalue weighted by Gasteiger charge is 2.30. The Kier molecular flexibility index (Phi) is 6.09. The molecule has 0 aliphatic carbocycles. The third kappa shape index (κ3) is 5.01. The molecule has 0 radical (unpaired) electrons. The van der Waals surface area contributed by atoms with E-state index in [9.17, 15) is 21.6 Å². The SMILES string of the molecule is O=S(=O)(c1cccc(CSc2ccc(C(F)(F)F)cn2)c1)N1CCOCC1. The second kappa shape index (κ2) is 8.17. The fourth-order valence-corrected chi connectivity index (χ4v) is 4.79. The predicted octanol–water partition coefficient (Wildman–Crippen LogP) is 3.41. The minimum absolute atomic E-state index is 0.197. The number of hydrogen-bond acceptors (Lipinski definition) is 5. The Morgan fingerprint density at radius 2 is 1.89 bits per heavy atom. The van der Waals surface area contributed by atoms with Crippen LogP contribution in [0.25, 0.3) is 0 Å². The third-order valence-corrected chi connectivity index (χ3v) is 6.87. The first-order valence-corrected chi connectivity index (χ1v) is 10.5. The number of nitrogens with zero attached hydrogens (tertiary/aromatic N) is 2. The van der Waals surface area contributed by atoms with Crippen LogP contribution in [-0.2, 0) is 26.7 Å². The van der Waals surface area contributed by atoms with Gasteiger partial charge in [0.1, 0.15) is 0 Å². The van der Waals surface area contributed by atoms with Crippen molar-refractivity contribution in [3.05, 3.63) is 53.7 Å². The number of halogens is 3. The van der Waals surface area contributed by atoms with Gasteiger partial charge in [-0.05, 0) is 29.8 Å². The monoisotopic (exact) mass is 418 g/mol. The molecule has 0 spiro atoms. The molecule has 1 aliphatic rings. The van der Waals surface area contributed by atoms with Crippen molar-refractivity contribution < 1.29 is 26.3 Å². The first-order valence-electron chi connectivity index (χ1n) is 8.10. The fraction of sp³-hybridized carbons (Fsp3) is 0.353. The summed E-state index contributed by atoms with van der Waals surface area (Å²) >= 11 is 1.24. The van der Waals surface area contributed by atoms with E-state index in [1.807, 2.05) is 0 Å². The number of alkyl halides is 3. The minimum atomic E-state index is -4.42. The van der Waals surface area contributed by atoms with E-state index in [1.165, 1.54) is 28.2 Å².